The van der Waals surface area contributed by atoms with Crippen LogP contribution in [-0.4, -0.2) is 51.8 Å². The van der Waals surface area contributed by atoms with E-state index in [2.05, 4.69) is 28.4 Å². The molecule has 8 heteroatoms. The number of sulfonamides is 1. The molecule has 0 amide bonds. The van der Waals surface area contributed by atoms with E-state index in [0.29, 0.717) is 38.3 Å². The van der Waals surface area contributed by atoms with Crippen molar-refractivity contribution in [2.24, 2.45) is 0 Å². The van der Waals surface area contributed by atoms with E-state index in [0.717, 1.165) is 0 Å². The fraction of sp³-hybridized carbons (Fsp3) is 0.500. The number of tetrazole rings is 1. The smallest absolute Gasteiger partial charge is 0.212 e. The average Bonchev–Trinajstić information content (AvgIpc) is 3.05. The lowest BCUT2D eigenvalue weighted by atomic mass is 10.1. The summed E-state index contributed by atoms with van der Waals surface area (Å²) in [6.45, 7) is 3.48. The Kier molecular flexibility index (Phi) is 4.21. The Hall–Kier alpha value is -1.80. The van der Waals surface area contributed by atoms with Crippen molar-refractivity contribution in [3.63, 3.8) is 0 Å². The topological polar surface area (TPSA) is 81.0 Å². The fourth-order valence-corrected chi connectivity index (χ4v) is 4.08. The van der Waals surface area contributed by atoms with Gasteiger partial charge in [0.25, 0.3) is 0 Å². The van der Waals surface area contributed by atoms with Gasteiger partial charge in [-0.2, -0.15) is 9.10 Å². The summed E-state index contributed by atoms with van der Waals surface area (Å²) < 4.78 is 25.0. The summed E-state index contributed by atoms with van der Waals surface area (Å²) in [6, 6.07) is 8.09. The number of benzene rings is 1. The van der Waals surface area contributed by atoms with Crippen molar-refractivity contribution in [1.29, 1.82) is 0 Å². The van der Waals surface area contributed by atoms with Crippen LogP contribution >= 0.6 is 0 Å². The molecule has 1 saturated heterocycles. The highest BCUT2D eigenvalue weighted by atomic mass is 32.2. The number of aryl methyl sites for hydroxylation is 1. The van der Waals surface area contributed by atoms with E-state index in [4.69, 9.17) is 0 Å². The summed E-state index contributed by atoms with van der Waals surface area (Å²) >= 11 is 0. The molecule has 2 heterocycles. The van der Waals surface area contributed by atoms with Gasteiger partial charge in [0, 0.05) is 19.5 Å². The second-order valence-electron chi connectivity index (χ2n) is 5.47. The first kappa shape index (κ1) is 15.1. The Bertz CT molecular complexity index is 756. The lowest BCUT2D eigenvalue weighted by molar-refractivity contribution is 0.388. The van der Waals surface area contributed by atoms with Crippen molar-refractivity contribution in [1.82, 2.24) is 24.5 Å². The monoisotopic (exact) mass is 321 g/mol. The summed E-state index contributed by atoms with van der Waals surface area (Å²) in [6.07, 6.45) is 1.33. The lowest BCUT2D eigenvalue weighted by Crippen LogP contribution is -2.29. The maximum atomic E-state index is 11.7. The molecule has 0 unspecified atom stereocenters. The van der Waals surface area contributed by atoms with Gasteiger partial charge in [-0.3, -0.25) is 0 Å². The zero-order valence-corrected chi connectivity index (χ0v) is 13.3. The van der Waals surface area contributed by atoms with Crippen molar-refractivity contribution in [2.75, 3.05) is 18.8 Å². The van der Waals surface area contributed by atoms with E-state index in [1.165, 1.54) is 20.2 Å². The van der Waals surface area contributed by atoms with Crippen molar-refractivity contribution in [3.05, 3.63) is 41.2 Å². The fourth-order valence-electron chi connectivity index (χ4n) is 2.56. The number of rotatable bonds is 5. The molecule has 1 aromatic heterocycles. The van der Waals surface area contributed by atoms with Crippen LogP contribution in [0.2, 0.25) is 0 Å². The highest BCUT2D eigenvalue weighted by Crippen LogP contribution is 2.13. The number of hydrogen-bond donors (Lipinski definition) is 0. The summed E-state index contributed by atoms with van der Waals surface area (Å²) in [5.74, 6) is 0.898. The highest BCUT2D eigenvalue weighted by molar-refractivity contribution is 7.89. The zero-order chi connectivity index (χ0) is 15.6. The number of nitrogens with zero attached hydrogens (tertiary/aromatic N) is 5. The van der Waals surface area contributed by atoms with Crippen LogP contribution < -0.4 is 0 Å². The quantitative estimate of drug-likeness (QED) is 0.806. The first-order valence-electron chi connectivity index (χ1n) is 7.33. The van der Waals surface area contributed by atoms with Crippen molar-refractivity contribution >= 4 is 10.0 Å². The van der Waals surface area contributed by atoms with Gasteiger partial charge in [0.15, 0.2) is 5.82 Å². The van der Waals surface area contributed by atoms with Gasteiger partial charge in [-0.25, -0.2) is 8.42 Å². The molecule has 118 valence electrons. The molecule has 0 atom stereocenters. The Labute approximate surface area is 130 Å². The minimum Gasteiger partial charge on any atom is -0.212 e. The summed E-state index contributed by atoms with van der Waals surface area (Å²) in [4.78, 5) is 1.47. The van der Waals surface area contributed by atoms with E-state index in [1.54, 1.807) is 0 Å². The van der Waals surface area contributed by atoms with E-state index >= 15 is 0 Å². The maximum absolute atomic E-state index is 11.7. The number of hydrogen-bond acceptors (Lipinski definition) is 5. The highest BCUT2D eigenvalue weighted by Gasteiger charge is 2.27. The summed E-state index contributed by atoms with van der Waals surface area (Å²) in [5, 5.41) is 12.4. The molecule has 0 spiro atoms. The van der Waals surface area contributed by atoms with Crippen LogP contribution in [0.1, 0.15) is 23.4 Å². The van der Waals surface area contributed by atoms with E-state index in [9.17, 15) is 8.42 Å². The predicted octanol–water partition coefficient (Wildman–Crippen LogP) is 0.608. The molecular weight excluding hydrogens is 302 g/mol. The van der Waals surface area contributed by atoms with Gasteiger partial charge in [-0.05, 0) is 29.7 Å². The molecule has 7 nitrogen and oxygen atoms in total. The minimum absolute atomic E-state index is 0.246. The normalized spacial score (nSPS) is 17.9. The molecule has 3 rings (SSSR count). The average molecular weight is 321 g/mol. The van der Waals surface area contributed by atoms with Gasteiger partial charge < -0.3 is 0 Å². The van der Waals surface area contributed by atoms with E-state index in [1.807, 2.05) is 18.2 Å². The first-order chi connectivity index (χ1) is 10.5. The standard InChI is InChI=1S/C14H19N5O2S/c1-12-5-2-3-6-13(12)11-14-15-17-19(16-14)9-8-18-7-4-10-22(18,20)21/h2-3,5-6H,4,7-11H2,1H3. The maximum Gasteiger partial charge on any atom is 0.214 e. The second-order valence-corrected chi connectivity index (χ2v) is 7.56. The Morgan fingerprint density at radius 1 is 1.23 bits per heavy atom. The predicted molar refractivity (Wildman–Crippen MR) is 81.8 cm³/mol. The van der Waals surface area contributed by atoms with Crippen LogP contribution in [0, 0.1) is 6.92 Å². The van der Waals surface area contributed by atoms with Crippen LogP contribution in [-0.2, 0) is 23.0 Å². The van der Waals surface area contributed by atoms with Gasteiger partial charge in [0.05, 0.1) is 12.3 Å². The molecule has 22 heavy (non-hydrogen) atoms. The molecule has 1 aromatic carbocycles. The third kappa shape index (κ3) is 3.33. The minimum atomic E-state index is -3.06. The molecule has 0 bridgehead atoms. The molecule has 0 aliphatic carbocycles. The van der Waals surface area contributed by atoms with Crippen LogP contribution in [0.15, 0.2) is 24.3 Å². The van der Waals surface area contributed by atoms with Crippen LogP contribution in [0.3, 0.4) is 0 Å². The largest absolute Gasteiger partial charge is 0.214 e. The van der Waals surface area contributed by atoms with Crippen LogP contribution in [0.5, 0.6) is 0 Å². The van der Waals surface area contributed by atoms with E-state index < -0.39 is 10.0 Å². The van der Waals surface area contributed by atoms with Gasteiger partial charge in [0.2, 0.25) is 10.0 Å². The Morgan fingerprint density at radius 3 is 2.77 bits per heavy atom. The van der Waals surface area contributed by atoms with Gasteiger partial charge in [-0.1, -0.05) is 24.3 Å². The Balaban J connectivity index is 1.61. The lowest BCUT2D eigenvalue weighted by Gasteiger charge is -2.12. The molecule has 1 fully saturated rings. The van der Waals surface area contributed by atoms with E-state index in [-0.39, 0.29) is 5.75 Å². The van der Waals surface area contributed by atoms with Crippen LogP contribution in [0.25, 0.3) is 0 Å². The Morgan fingerprint density at radius 2 is 2.05 bits per heavy atom. The summed E-state index contributed by atoms with van der Waals surface area (Å²) in [5.41, 5.74) is 2.37. The molecule has 2 aromatic rings. The van der Waals surface area contributed by atoms with Crippen molar-refractivity contribution in [3.8, 4) is 0 Å². The van der Waals surface area contributed by atoms with Gasteiger partial charge in [-0.15, -0.1) is 10.2 Å². The third-order valence-electron chi connectivity index (χ3n) is 3.86. The number of aromatic nitrogens is 4. The molecule has 1 aliphatic heterocycles. The molecule has 0 saturated carbocycles. The SMILES string of the molecule is Cc1ccccc1Cc1nnn(CCN2CCCS2(=O)=O)n1. The third-order valence-corrected chi connectivity index (χ3v) is 5.81. The molecule has 0 N–H and O–H groups in total. The second kappa shape index (κ2) is 6.13. The van der Waals surface area contributed by atoms with Crippen molar-refractivity contribution in [2.45, 2.75) is 26.3 Å². The molecular formula is C14H19N5O2S. The molecule has 0 radical (unpaired) electrons. The first-order valence-corrected chi connectivity index (χ1v) is 8.94. The zero-order valence-electron chi connectivity index (χ0n) is 12.5. The van der Waals surface area contributed by atoms with Gasteiger partial charge in [0.1, 0.15) is 0 Å². The molecule has 1 aliphatic rings. The summed E-state index contributed by atoms with van der Waals surface area (Å²) in [7, 11) is -3.06. The van der Waals surface area contributed by atoms with Gasteiger partial charge >= 0.3 is 0 Å². The van der Waals surface area contributed by atoms with Crippen molar-refractivity contribution < 1.29 is 8.42 Å². The van der Waals surface area contributed by atoms with Crippen LogP contribution in [0.4, 0.5) is 0 Å².